The van der Waals surface area contributed by atoms with Crippen LogP contribution in [0, 0.1) is 0 Å². The number of benzene rings is 2. The first kappa shape index (κ1) is 25.1. The van der Waals surface area contributed by atoms with Gasteiger partial charge in [-0.15, -0.1) is 0 Å². The zero-order valence-corrected chi connectivity index (χ0v) is 19.5. The molecule has 0 radical (unpaired) electrons. The van der Waals surface area contributed by atoms with E-state index < -0.39 is 29.1 Å². The molecule has 2 rings (SSSR count). The molecule has 32 heavy (non-hydrogen) atoms. The van der Waals surface area contributed by atoms with E-state index in [9.17, 15) is 14.4 Å². The van der Waals surface area contributed by atoms with Crippen LogP contribution in [0.3, 0.4) is 0 Å². The normalized spacial score (nSPS) is 12.6. The number of nitrogens with two attached hydrogens (primary N) is 1. The number of ether oxygens (including phenoxy) is 2. The third-order valence-electron chi connectivity index (χ3n) is 4.22. The van der Waals surface area contributed by atoms with Crippen LogP contribution in [0.4, 0.5) is 5.69 Å². The topological polar surface area (TPSA) is 108 Å². The van der Waals surface area contributed by atoms with Crippen molar-refractivity contribution in [2.24, 2.45) is 5.73 Å². The predicted molar refractivity (Wildman–Crippen MR) is 124 cm³/mol. The zero-order chi connectivity index (χ0) is 24.1. The average Bonchev–Trinajstić information content (AvgIpc) is 2.66. The van der Waals surface area contributed by atoms with Crippen LogP contribution in [0.5, 0.6) is 0 Å². The fourth-order valence-electron chi connectivity index (χ4n) is 2.92. The summed E-state index contributed by atoms with van der Waals surface area (Å²) in [5, 5.41) is 2.77. The standard InChI is InChI=1S/C25H32N2O5/c1-24(2,3)31-22(29)17-12-18(23(30)32-25(4,5)6)14-19(13-17)27-21(28)20(15-26)16-10-8-7-9-11-16/h7-14,20H,15,26H2,1-6H3,(H,27,28). The third kappa shape index (κ3) is 7.50. The number of amides is 1. The van der Waals surface area contributed by atoms with Crippen LogP contribution in [0.2, 0.25) is 0 Å². The van der Waals surface area contributed by atoms with Gasteiger partial charge in [0.2, 0.25) is 5.91 Å². The Labute approximate surface area is 189 Å². The van der Waals surface area contributed by atoms with Gasteiger partial charge in [0.15, 0.2) is 0 Å². The molecule has 1 atom stereocenters. The molecule has 0 spiro atoms. The first-order chi connectivity index (χ1) is 14.8. The average molecular weight is 441 g/mol. The Hall–Kier alpha value is -3.19. The van der Waals surface area contributed by atoms with Crippen LogP contribution in [0.1, 0.15) is 73.7 Å². The van der Waals surface area contributed by atoms with Gasteiger partial charge in [0.25, 0.3) is 0 Å². The minimum Gasteiger partial charge on any atom is -0.456 e. The van der Waals surface area contributed by atoms with E-state index in [0.29, 0.717) is 0 Å². The van der Waals surface area contributed by atoms with Crippen molar-refractivity contribution >= 4 is 23.5 Å². The molecule has 0 aromatic heterocycles. The number of rotatable bonds is 6. The van der Waals surface area contributed by atoms with Crippen molar-refractivity contribution in [3.8, 4) is 0 Å². The molecule has 1 amide bonds. The van der Waals surface area contributed by atoms with E-state index in [4.69, 9.17) is 15.2 Å². The Morgan fingerprint density at radius 2 is 1.31 bits per heavy atom. The molecule has 2 aromatic rings. The molecule has 2 aromatic carbocycles. The highest BCUT2D eigenvalue weighted by Crippen LogP contribution is 2.23. The maximum absolute atomic E-state index is 12.9. The fourth-order valence-corrected chi connectivity index (χ4v) is 2.92. The lowest BCUT2D eigenvalue weighted by molar-refractivity contribution is -0.117. The molecule has 0 aliphatic rings. The van der Waals surface area contributed by atoms with Gasteiger partial charge in [0.1, 0.15) is 11.2 Å². The summed E-state index contributed by atoms with van der Waals surface area (Å²) in [6.07, 6.45) is 0. The summed E-state index contributed by atoms with van der Waals surface area (Å²) in [5.41, 5.74) is 5.70. The van der Waals surface area contributed by atoms with Crippen LogP contribution >= 0.6 is 0 Å². The van der Waals surface area contributed by atoms with Gasteiger partial charge in [0.05, 0.1) is 17.0 Å². The van der Waals surface area contributed by atoms with Gasteiger partial charge >= 0.3 is 11.9 Å². The van der Waals surface area contributed by atoms with Crippen molar-refractivity contribution in [1.29, 1.82) is 0 Å². The Bertz CT molecular complexity index is 926. The van der Waals surface area contributed by atoms with Crippen molar-refractivity contribution in [3.05, 3.63) is 65.2 Å². The predicted octanol–water partition coefficient (Wildman–Crippen LogP) is 4.28. The Kier molecular flexibility index (Phi) is 7.80. The van der Waals surface area contributed by atoms with E-state index in [1.807, 2.05) is 30.3 Å². The molecule has 3 N–H and O–H groups in total. The lowest BCUT2D eigenvalue weighted by Crippen LogP contribution is -2.28. The SMILES string of the molecule is CC(C)(C)OC(=O)c1cc(NC(=O)C(CN)c2ccccc2)cc(C(=O)OC(C)(C)C)c1. The minimum absolute atomic E-state index is 0.0977. The number of nitrogens with one attached hydrogen (secondary N) is 1. The molecule has 0 aliphatic heterocycles. The minimum atomic E-state index is -0.722. The van der Waals surface area contributed by atoms with Gasteiger partial charge in [0, 0.05) is 12.2 Å². The molecule has 7 heteroatoms. The second-order valence-corrected chi connectivity index (χ2v) is 9.49. The zero-order valence-electron chi connectivity index (χ0n) is 19.5. The summed E-state index contributed by atoms with van der Waals surface area (Å²) in [6, 6.07) is 13.5. The van der Waals surface area contributed by atoms with Crippen LogP contribution in [0.25, 0.3) is 0 Å². The summed E-state index contributed by atoms with van der Waals surface area (Å²) >= 11 is 0. The van der Waals surface area contributed by atoms with E-state index in [0.717, 1.165) is 5.56 Å². The molecule has 172 valence electrons. The number of hydrogen-bond donors (Lipinski definition) is 2. The molecule has 0 saturated heterocycles. The number of anilines is 1. The Morgan fingerprint density at radius 1 is 0.844 bits per heavy atom. The van der Waals surface area contributed by atoms with Gasteiger partial charge in [-0.25, -0.2) is 9.59 Å². The quantitative estimate of drug-likeness (QED) is 0.649. The van der Waals surface area contributed by atoms with Gasteiger partial charge < -0.3 is 20.5 Å². The lowest BCUT2D eigenvalue weighted by atomic mass is 9.98. The Balaban J connectivity index is 2.40. The lowest BCUT2D eigenvalue weighted by Gasteiger charge is -2.22. The second-order valence-electron chi connectivity index (χ2n) is 9.49. The van der Waals surface area contributed by atoms with E-state index in [-0.39, 0.29) is 29.3 Å². The Morgan fingerprint density at radius 3 is 1.72 bits per heavy atom. The van der Waals surface area contributed by atoms with Crippen LogP contribution in [-0.2, 0) is 14.3 Å². The molecule has 0 fully saturated rings. The van der Waals surface area contributed by atoms with E-state index in [1.165, 1.54) is 18.2 Å². The van der Waals surface area contributed by atoms with E-state index >= 15 is 0 Å². The third-order valence-corrected chi connectivity index (χ3v) is 4.22. The summed E-state index contributed by atoms with van der Waals surface area (Å²) in [7, 11) is 0. The molecule has 7 nitrogen and oxygen atoms in total. The van der Waals surface area contributed by atoms with Crippen LogP contribution < -0.4 is 11.1 Å². The summed E-state index contributed by atoms with van der Waals surface area (Å²) in [6.45, 7) is 10.6. The highest BCUT2D eigenvalue weighted by atomic mass is 16.6. The molecule has 1 unspecified atom stereocenters. The van der Waals surface area contributed by atoms with Gasteiger partial charge in [-0.3, -0.25) is 4.79 Å². The van der Waals surface area contributed by atoms with Gasteiger partial charge in [-0.2, -0.15) is 0 Å². The van der Waals surface area contributed by atoms with Gasteiger partial charge in [-0.05, 0) is 65.3 Å². The molecular formula is C25H32N2O5. The van der Waals surface area contributed by atoms with Crippen molar-refractivity contribution in [3.63, 3.8) is 0 Å². The van der Waals surface area contributed by atoms with E-state index in [2.05, 4.69) is 5.32 Å². The highest BCUT2D eigenvalue weighted by molar-refractivity contribution is 6.01. The molecule has 0 saturated carbocycles. The first-order valence-electron chi connectivity index (χ1n) is 10.5. The molecule has 0 heterocycles. The highest BCUT2D eigenvalue weighted by Gasteiger charge is 2.24. The number of carbonyl (C=O) groups excluding carboxylic acids is 3. The molecule has 0 bridgehead atoms. The number of carbonyl (C=O) groups is 3. The maximum atomic E-state index is 12.9. The van der Waals surface area contributed by atoms with Crippen molar-refractivity contribution < 1.29 is 23.9 Å². The number of hydrogen-bond acceptors (Lipinski definition) is 6. The molecule has 0 aliphatic carbocycles. The van der Waals surface area contributed by atoms with E-state index in [1.54, 1.807) is 41.5 Å². The van der Waals surface area contributed by atoms with Gasteiger partial charge in [-0.1, -0.05) is 30.3 Å². The van der Waals surface area contributed by atoms with Crippen molar-refractivity contribution in [1.82, 2.24) is 0 Å². The first-order valence-corrected chi connectivity index (χ1v) is 10.5. The van der Waals surface area contributed by atoms with Crippen molar-refractivity contribution in [2.75, 3.05) is 11.9 Å². The molecular weight excluding hydrogens is 408 g/mol. The monoisotopic (exact) mass is 440 g/mol. The second kappa shape index (κ2) is 9.96. The smallest absolute Gasteiger partial charge is 0.338 e. The number of esters is 2. The summed E-state index contributed by atoms with van der Waals surface area (Å²) in [4.78, 5) is 38.3. The summed E-state index contributed by atoms with van der Waals surface area (Å²) < 4.78 is 10.9. The van der Waals surface area contributed by atoms with Crippen molar-refractivity contribution in [2.45, 2.75) is 58.7 Å². The largest absolute Gasteiger partial charge is 0.456 e. The fraction of sp³-hybridized carbons (Fsp3) is 0.400. The summed E-state index contributed by atoms with van der Waals surface area (Å²) in [5.74, 6) is -2.17. The maximum Gasteiger partial charge on any atom is 0.338 e. The van der Waals surface area contributed by atoms with Crippen LogP contribution in [0.15, 0.2) is 48.5 Å². The van der Waals surface area contributed by atoms with Crippen LogP contribution in [-0.4, -0.2) is 35.6 Å².